The van der Waals surface area contributed by atoms with Gasteiger partial charge in [0.15, 0.2) is 0 Å². The largest absolute Gasteiger partial charge is 0.352 e. The second-order valence-electron chi connectivity index (χ2n) is 4.91. The summed E-state index contributed by atoms with van der Waals surface area (Å²) in [6, 6.07) is 0.208. The molecule has 1 amide bonds. The van der Waals surface area contributed by atoms with Crippen molar-refractivity contribution < 1.29 is 4.79 Å². The van der Waals surface area contributed by atoms with E-state index < -0.39 is 0 Å². The molecule has 0 heterocycles. The topological polar surface area (TPSA) is 29.1 Å². The normalized spacial score (nSPS) is 26.7. The van der Waals surface area contributed by atoms with E-state index in [4.69, 9.17) is 11.6 Å². The van der Waals surface area contributed by atoms with Gasteiger partial charge in [0.1, 0.15) is 0 Å². The molecule has 1 rings (SSSR count). The Morgan fingerprint density at radius 3 is 2.67 bits per heavy atom. The van der Waals surface area contributed by atoms with Crippen LogP contribution < -0.4 is 5.32 Å². The van der Waals surface area contributed by atoms with E-state index in [1.54, 1.807) is 0 Å². The molecule has 3 heteroatoms. The number of alkyl halides is 1. The molecule has 0 spiro atoms. The Morgan fingerprint density at radius 2 is 2.07 bits per heavy atom. The van der Waals surface area contributed by atoms with Crippen LogP contribution in [0.5, 0.6) is 0 Å². The minimum absolute atomic E-state index is 0.141. The number of halogens is 1. The predicted octanol–water partition coefficient (Wildman–Crippen LogP) is 3.09. The fourth-order valence-corrected chi connectivity index (χ4v) is 2.29. The zero-order valence-electron chi connectivity index (χ0n) is 9.76. The van der Waals surface area contributed by atoms with Crippen LogP contribution >= 0.6 is 11.6 Å². The summed E-state index contributed by atoms with van der Waals surface area (Å²) in [5.41, 5.74) is 0. The first kappa shape index (κ1) is 12.8. The van der Waals surface area contributed by atoms with Gasteiger partial charge in [0.05, 0.1) is 5.38 Å². The molecule has 1 aliphatic carbocycles. The molecule has 0 aromatic carbocycles. The monoisotopic (exact) mass is 231 g/mol. The van der Waals surface area contributed by atoms with Gasteiger partial charge < -0.3 is 5.32 Å². The maximum atomic E-state index is 11.6. The van der Waals surface area contributed by atoms with Crippen LogP contribution in [0.15, 0.2) is 0 Å². The molecule has 0 radical (unpaired) electrons. The van der Waals surface area contributed by atoms with Crippen LogP contribution in [0.2, 0.25) is 0 Å². The first-order valence-electron chi connectivity index (χ1n) is 6.03. The number of hydrogen-bond acceptors (Lipinski definition) is 1. The lowest BCUT2D eigenvalue weighted by molar-refractivity contribution is -0.122. The zero-order chi connectivity index (χ0) is 11.3. The van der Waals surface area contributed by atoms with Crippen LogP contribution in [0.4, 0.5) is 0 Å². The van der Waals surface area contributed by atoms with Crippen LogP contribution in [0, 0.1) is 5.92 Å². The van der Waals surface area contributed by atoms with Crippen LogP contribution in [0.25, 0.3) is 0 Å². The Labute approximate surface area is 97.8 Å². The average molecular weight is 232 g/mol. The zero-order valence-corrected chi connectivity index (χ0v) is 10.5. The molecular formula is C12H22ClNO. The van der Waals surface area contributed by atoms with E-state index in [2.05, 4.69) is 19.2 Å². The summed E-state index contributed by atoms with van der Waals surface area (Å²) in [5.74, 6) is 0.759. The van der Waals surface area contributed by atoms with Crippen molar-refractivity contribution in [3.05, 3.63) is 0 Å². The molecule has 2 atom stereocenters. The summed E-state index contributed by atoms with van der Waals surface area (Å²) >= 11 is 6.17. The average Bonchev–Trinajstić information content (AvgIpc) is 2.18. The quantitative estimate of drug-likeness (QED) is 0.741. The van der Waals surface area contributed by atoms with Crippen molar-refractivity contribution >= 4 is 17.5 Å². The molecule has 1 aliphatic rings. The third kappa shape index (κ3) is 4.87. The first-order valence-corrected chi connectivity index (χ1v) is 6.46. The smallest absolute Gasteiger partial charge is 0.220 e. The Morgan fingerprint density at radius 1 is 1.40 bits per heavy atom. The number of carbonyl (C=O) groups excluding carboxylic acids is 1. The van der Waals surface area contributed by atoms with Crippen molar-refractivity contribution in [3.63, 3.8) is 0 Å². The van der Waals surface area contributed by atoms with Gasteiger partial charge in [0.25, 0.3) is 0 Å². The molecule has 0 aromatic rings. The molecule has 1 fully saturated rings. The number of amides is 1. The number of nitrogens with one attached hydrogen (secondary N) is 1. The number of hydrogen-bond donors (Lipinski definition) is 1. The van der Waals surface area contributed by atoms with Crippen LogP contribution in [-0.4, -0.2) is 17.3 Å². The summed E-state index contributed by atoms with van der Waals surface area (Å²) in [4.78, 5) is 11.6. The molecule has 0 aliphatic heterocycles. The van der Waals surface area contributed by atoms with Gasteiger partial charge in [-0.25, -0.2) is 0 Å². The van der Waals surface area contributed by atoms with Gasteiger partial charge in [-0.2, -0.15) is 0 Å². The molecule has 88 valence electrons. The van der Waals surface area contributed by atoms with E-state index >= 15 is 0 Å². The summed E-state index contributed by atoms with van der Waals surface area (Å²) in [7, 11) is 0. The highest BCUT2D eigenvalue weighted by molar-refractivity contribution is 6.21. The van der Waals surface area contributed by atoms with Crippen LogP contribution in [0.3, 0.4) is 0 Å². The maximum absolute atomic E-state index is 11.6. The van der Waals surface area contributed by atoms with Crippen LogP contribution in [-0.2, 0) is 4.79 Å². The Balaban J connectivity index is 2.24. The highest BCUT2D eigenvalue weighted by Gasteiger charge is 2.24. The fourth-order valence-electron chi connectivity index (χ4n) is 1.95. The SMILES string of the molecule is CC(C)CCC(=O)NC1CCCCC1Cl. The second kappa shape index (κ2) is 6.37. The van der Waals surface area contributed by atoms with Gasteiger partial charge in [0, 0.05) is 12.5 Å². The van der Waals surface area contributed by atoms with Crippen LogP contribution in [0.1, 0.15) is 52.4 Å². The summed E-state index contributed by atoms with van der Waals surface area (Å²) in [6.07, 6.45) is 6.08. The lowest BCUT2D eigenvalue weighted by Gasteiger charge is -2.27. The fraction of sp³-hybridized carbons (Fsp3) is 0.917. The molecule has 1 saturated carbocycles. The third-order valence-electron chi connectivity index (χ3n) is 2.98. The lowest BCUT2D eigenvalue weighted by atomic mass is 9.94. The molecule has 0 saturated heterocycles. The maximum Gasteiger partial charge on any atom is 0.220 e. The minimum atomic E-state index is 0.141. The molecule has 2 nitrogen and oxygen atoms in total. The highest BCUT2D eigenvalue weighted by Crippen LogP contribution is 2.23. The third-order valence-corrected chi connectivity index (χ3v) is 3.50. The van der Waals surface area contributed by atoms with Gasteiger partial charge in [0.2, 0.25) is 5.91 Å². The van der Waals surface area contributed by atoms with Crippen molar-refractivity contribution in [2.24, 2.45) is 5.92 Å². The van der Waals surface area contributed by atoms with Crippen molar-refractivity contribution in [1.29, 1.82) is 0 Å². The second-order valence-corrected chi connectivity index (χ2v) is 5.47. The summed E-state index contributed by atoms with van der Waals surface area (Å²) in [6.45, 7) is 4.27. The van der Waals surface area contributed by atoms with Gasteiger partial charge >= 0.3 is 0 Å². The van der Waals surface area contributed by atoms with Crippen molar-refractivity contribution in [3.8, 4) is 0 Å². The predicted molar refractivity (Wildman–Crippen MR) is 64.1 cm³/mol. The van der Waals surface area contributed by atoms with Gasteiger partial charge in [-0.3, -0.25) is 4.79 Å². The molecule has 1 N–H and O–H groups in total. The Hall–Kier alpha value is -0.240. The first-order chi connectivity index (χ1) is 7.09. The van der Waals surface area contributed by atoms with Crippen molar-refractivity contribution in [2.75, 3.05) is 0 Å². The molecule has 0 aromatic heterocycles. The molecular weight excluding hydrogens is 210 g/mol. The van der Waals surface area contributed by atoms with E-state index in [-0.39, 0.29) is 17.3 Å². The summed E-state index contributed by atoms with van der Waals surface area (Å²) < 4.78 is 0. The van der Waals surface area contributed by atoms with E-state index in [1.807, 2.05) is 0 Å². The van der Waals surface area contributed by atoms with Gasteiger partial charge in [-0.1, -0.05) is 26.7 Å². The minimum Gasteiger partial charge on any atom is -0.352 e. The van der Waals surface area contributed by atoms with E-state index in [1.165, 1.54) is 12.8 Å². The van der Waals surface area contributed by atoms with Crippen molar-refractivity contribution in [1.82, 2.24) is 5.32 Å². The summed E-state index contributed by atoms with van der Waals surface area (Å²) in [5, 5.41) is 3.19. The highest BCUT2D eigenvalue weighted by atomic mass is 35.5. The number of rotatable bonds is 4. The molecule has 15 heavy (non-hydrogen) atoms. The standard InChI is InChI=1S/C12H22ClNO/c1-9(2)7-8-12(15)14-11-6-4-3-5-10(11)13/h9-11H,3-8H2,1-2H3,(H,14,15). The Kier molecular flexibility index (Phi) is 5.44. The Bertz CT molecular complexity index is 206. The van der Waals surface area contributed by atoms with Gasteiger partial charge in [-0.05, 0) is 25.2 Å². The number of carbonyl (C=O) groups is 1. The molecule has 2 unspecified atom stereocenters. The molecule has 0 bridgehead atoms. The van der Waals surface area contributed by atoms with E-state index in [9.17, 15) is 4.79 Å². The van der Waals surface area contributed by atoms with E-state index in [0.29, 0.717) is 12.3 Å². The van der Waals surface area contributed by atoms with E-state index in [0.717, 1.165) is 19.3 Å². The lowest BCUT2D eigenvalue weighted by Crippen LogP contribution is -2.42. The van der Waals surface area contributed by atoms with Gasteiger partial charge in [-0.15, -0.1) is 11.6 Å². The van der Waals surface area contributed by atoms with Crippen molar-refractivity contribution in [2.45, 2.75) is 63.8 Å².